The Hall–Kier alpha value is -2.15. The van der Waals surface area contributed by atoms with Gasteiger partial charge >= 0.3 is 0 Å². The number of aromatic nitrogens is 2. The number of rotatable bonds is 6. The number of aliphatic imine (C=N–C) groups is 1. The highest BCUT2D eigenvalue weighted by molar-refractivity contribution is 7.17. The quantitative estimate of drug-likeness (QED) is 0.630. The number of hydrogen-bond acceptors (Lipinski definition) is 7. The molecule has 0 bridgehead atoms. The summed E-state index contributed by atoms with van der Waals surface area (Å²) < 4.78 is 1.11. The molecule has 0 saturated heterocycles. The van der Waals surface area contributed by atoms with E-state index >= 15 is 0 Å². The highest BCUT2D eigenvalue weighted by Crippen LogP contribution is 2.30. The third kappa shape index (κ3) is 4.58. The second-order valence-electron chi connectivity index (χ2n) is 7.47. The molecule has 0 amide bonds. The largest absolute Gasteiger partial charge is 0.403 e. The van der Waals surface area contributed by atoms with E-state index in [1.807, 2.05) is 12.3 Å². The fourth-order valence-corrected chi connectivity index (χ4v) is 4.73. The molecule has 144 valence electrons. The smallest absolute Gasteiger partial charge is 0.229 e. The lowest BCUT2D eigenvalue weighted by molar-refractivity contribution is 0.462. The molecule has 2 aromatic heterocycles. The Balaban J connectivity index is 1.52. The number of anilines is 2. The molecule has 7 heteroatoms. The fraction of sp³-hybridized carbons (Fsp3) is 0.550. The predicted octanol–water partition coefficient (Wildman–Crippen LogP) is 4.66. The molecule has 2 fully saturated rings. The minimum atomic E-state index is 0.422. The van der Waals surface area contributed by atoms with Gasteiger partial charge in [0.2, 0.25) is 5.95 Å². The van der Waals surface area contributed by atoms with Gasteiger partial charge in [0.25, 0.3) is 0 Å². The lowest BCUT2D eigenvalue weighted by Crippen LogP contribution is -2.23. The lowest BCUT2D eigenvalue weighted by atomic mass is 9.95. The predicted molar refractivity (Wildman–Crippen MR) is 115 cm³/mol. The van der Waals surface area contributed by atoms with E-state index < -0.39 is 0 Å². The van der Waals surface area contributed by atoms with Gasteiger partial charge in [-0.3, -0.25) is 4.99 Å². The van der Waals surface area contributed by atoms with E-state index in [1.54, 1.807) is 11.3 Å². The van der Waals surface area contributed by atoms with Crippen LogP contribution in [-0.4, -0.2) is 28.3 Å². The standard InChI is InChI=1S/C20H28N6S/c21-12-16(13-22-14-6-4-5-7-14)24-20-25-17-10-11-27-18(17)19(26-20)23-15-8-2-1-3-9-15/h10-15H,1-9,21H2,(H2,23,24,25,26). The van der Waals surface area contributed by atoms with E-state index in [0.29, 0.717) is 18.0 Å². The monoisotopic (exact) mass is 384 g/mol. The summed E-state index contributed by atoms with van der Waals surface area (Å²) >= 11 is 1.68. The molecule has 0 spiro atoms. The highest BCUT2D eigenvalue weighted by atomic mass is 32.1. The lowest BCUT2D eigenvalue weighted by Gasteiger charge is -2.23. The second kappa shape index (κ2) is 8.69. The van der Waals surface area contributed by atoms with Gasteiger partial charge in [-0.1, -0.05) is 32.1 Å². The number of fused-ring (bicyclic) bond motifs is 1. The van der Waals surface area contributed by atoms with E-state index in [9.17, 15) is 0 Å². The Morgan fingerprint density at radius 1 is 1.11 bits per heavy atom. The van der Waals surface area contributed by atoms with Gasteiger partial charge in [0.15, 0.2) is 0 Å². The molecule has 0 aliphatic heterocycles. The van der Waals surface area contributed by atoms with Crippen LogP contribution in [0.5, 0.6) is 0 Å². The van der Waals surface area contributed by atoms with Crippen molar-refractivity contribution < 1.29 is 0 Å². The molecule has 2 aromatic rings. The van der Waals surface area contributed by atoms with Crippen LogP contribution in [0.25, 0.3) is 10.2 Å². The van der Waals surface area contributed by atoms with Crippen LogP contribution < -0.4 is 16.4 Å². The first kappa shape index (κ1) is 18.2. The fourth-order valence-electron chi connectivity index (χ4n) is 3.94. The van der Waals surface area contributed by atoms with Crippen molar-refractivity contribution in [3.8, 4) is 0 Å². The number of nitrogens with two attached hydrogens (primary N) is 1. The van der Waals surface area contributed by atoms with Crippen LogP contribution >= 0.6 is 11.3 Å². The normalized spacial score (nSPS) is 19.9. The zero-order chi connectivity index (χ0) is 18.5. The maximum Gasteiger partial charge on any atom is 0.229 e. The Morgan fingerprint density at radius 2 is 1.89 bits per heavy atom. The van der Waals surface area contributed by atoms with Crippen LogP contribution in [0.15, 0.2) is 28.3 Å². The first-order chi connectivity index (χ1) is 13.3. The van der Waals surface area contributed by atoms with Crippen LogP contribution in [0.3, 0.4) is 0 Å². The minimum absolute atomic E-state index is 0.422. The zero-order valence-electron chi connectivity index (χ0n) is 15.7. The van der Waals surface area contributed by atoms with Gasteiger partial charge in [0, 0.05) is 18.5 Å². The van der Waals surface area contributed by atoms with Crippen molar-refractivity contribution in [1.29, 1.82) is 0 Å². The summed E-state index contributed by atoms with van der Waals surface area (Å²) in [6, 6.07) is 2.96. The molecule has 2 aliphatic rings. The van der Waals surface area contributed by atoms with E-state index in [-0.39, 0.29) is 0 Å². The van der Waals surface area contributed by atoms with E-state index in [1.165, 1.54) is 64.0 Å². The molecule has 6 nitrogen and oxygen atoms in total. The Kier molecular flexibility index (Phi) is 5.87. The van der Waals surface area contributed by atoms with Crippen LogP contribution in [0.1, 0.15) is 57.8 Å². The Bertz CT molecular complexity index is 815. The first-order valence-electron chi connectivity index (χ1n) is 10.1. The summed E-state index contributed by atoms with van der Waals surface area (Å²) in [5.74, 6) is 1.49. The molecule has 2 saturated carbocycles. The first-order valence-corrected chi connectivity index (χ1v) is 10.9. The van der Waals surface area contributed by atoms with Crippen molar-refractivity contribution >= 4 is 39.5 Å². The van der Waals surface area contributed by atoms with Crippen LogP contribution in [-0.2, 0) is 0 Å². The van der Waals surface area contributed by atoms with Crippen molar-refractivity contribution in [1.82, 2.24) is 9.97 Å². The maximum absolute atomic E-state index is 5.80. The third-order valence-corrected chi connectivity index (χ3v) is 6.34. The van der Waals surface area contributed by atoms with Gasteiger partial charge in [0.1, 0.15) is 5.82 Å². The van der Waals surface area contributed by atoms with Crippen molar-refractivity contribution in [3.63, 3.8) is 0 Å². The number of thiophene rings is 1. The molecule has 2 aliphatic carbocycles. The molecule has 0 atom stereocenters. The molecular formula is C20H28N6S. The van der Waals surface area contributed by atoms with Crippen LogP contribution in [0.2, 0.25) is 0 Å². The summed E-state index contributed by atoms with van der Waals surface area (Å²) in [7, 11) is 0. The maximum atomic E-state index is 5.80. The molecule has 0 radical (unpaired) electrons. The molecule has 27 heavy (non-hydrogen) atoms. The van der Waals surface area contributed by atoms with E-state index in [4.69, 9.17) is 10.7 Å². The van der Waals surface area contributed by atoms with Gasteiger partial charge in [0.05, 0.1) is 22.0 Å². The van der Waals surface area contributed by atoms with Gasteiger partial charge in [-0.2, -0.15) is 4.98 Å². The van der Waals surface area contributed by atoms with E-state index in [0.717, 1.165) is 21.7 Å². The Morgan fingerprint density at radius 3 is 2.67 bits per heavy atom. The highest BCUT2D eigenvalue weighted by Gasteiger charge is 2.17. The average Bonchev–Trinajstić information content (AvgIpc) is 3.37. The SMILES string of the molecule is NC=C(C=NC1CCCC1)Nc1nc(NC2CCCCC2)c2sccc2n1. The summed E-state index contributed by atoms with van der Waals surface area (Å²) in [6.45, 7) is 0. The summed E-state index contributed by atoms with van der Waals surface area (Å²) in [6.07, 6.45) is 14.6. The van der Waals surface area contributed by atoms with Gasteiger partial charge in [-0.25, -0.2) is 4.98 Å². The molecular weight excluding hydrogens is 356 g/mol. The van der Waals surface area contributed by atoms with Crippen molar-refractivity contribution in [2.45, 2.75) is 69.9 Å². The van der Waals surface area contributed by atoms with Crippen molar-refractivity contribution in [2.24, 2.45) is 10.7 Å². The molecule has 0 aromatic carbocycles. The molecule has 4 rings (SSSR count). The zero-order valence-corrected chi connectivity index (χ0v) is 16.5. The average molecular weight is 385 g/mol. The van der Waals surface area contributed by atoms with Crippen molar-refractivity contribution in [2.75, 3.05) is 10.6 Å². The minimum Gasteiger partial charge on any atom is -0.403 e. The second-order valence-corrected chi connectivity index (χ2v) is 8.39. The molecule has 2 heterocycles. The van der Waals surface area contributed by atoms with Gasteiger partial charge in [-0.05, 0) is 37.1 Å². The van der Waals surface area contributed by atoms with Crippen LogP contribution in [0.4, 0.5) is 11.8 Å². The van der Waals surface area contributed by atoms with Gasteiger partial charge in [-0.15, -0.1) is 11.3 Å². The Labute approximate surface area is 164 Å². The number of allylic oxidation sites excluding steroid dienone is 1. The van der Waals surface area contributed by atoms with E-state index in [2.05, 4.69) is 26.0 Å². The summed E-state index contributed by atoms with van der Waals surface area (Å²) in [5, 5.41) is 8.96. The van der Waals surface area contributed by atoms with Crippen LogP contribution in [0, 0.1) is 0 Å². The van der Waals surface area contributed by atoms with Crippen molar-refractivity contribution in [3.05, 3.63) is 23.3 Å². The number of nitrogens with one attached hydrogen (secondary N) is 2. The molecule has 0 unspecified atom stereocenters. The number of hydrogen-bond donors (Lipinski definition) is 3. The van der Waals surface area contributed by atoms with Gasteiger partial charge < -0.3 is 16.4 Å². The third-order valence-electron chi connectivity index (χ3n) is 5.43. The molecule has 4 N–H and O–H groups in total. The number of nitrogens with zero attached hydrogens (tertiary/aromatic N) is 3. The topological polar surface area (TPSA) is 88.2 Å². The summed E-state index contributed by atoms with van der Waals surface area (Å²) in [4.78, 5) is 14.1. The summed E-state index contributed by atoms with van der Waals surface area (Å²) in [5.41, 5.74) is 7.50.